The zero-order valence-electron chi connectivity index (χ0n) is 16.7. The number of hydrogen-bond acceptors (Lipinski definition) is 5. The Labute approximate surface area is 182 Å². The van der Waals surface area contributed by atoms with Gasteiger partial charge in [0.2, 0.25) is 10.0 Å². The molecule has 3 N–H and O–H groups in total. The lowest BCUT2D eigenvalue weighted by molar-refractivity contribution is -0.123. The smallest absolute Gasteiger partial charge is 0.252 e. The van der Waals surface area contributed by atoms with Crippen molar-refractivity contribution in [1.82, 2.24) is 20.1 Å². The highest BCUT2D eigenvalue weighted by Gasteiger charge is 2.28. The number of sulfonamides is 1. The molecule has 0 aliphatic carbocycles. The van der Waals surface area contributed by atoms with Crippen molar-refractivity contribution in [2.24, 2.45) is 0 Å². The van der Waals surface area contributed by atoms with Crippen molar-refractivity contribution in [2.75, 3.05) is 38.0 Å². The summed E-state index contributed by atoms with van der Waals surface area (Å²) in [5, 5.41) is 3.24. The molecule has 30 heavy (non-hydrogen) atoms. The molecule has 160 valence electrons. The van der Waals surface area contributed by atoms with Gasteiger partial charge >= 0.3 is 0 Å². The van der Waals surface area contributed by atoms with Gasteiger partial charge in [-0.05, 0) is 43.4 Å². The number of nitrogens with zero attached hydrogens (tertiary/aromatic N) is 2. The molecular weight excluding hydrogens is 422 g/mol. The van der Waals surface area contributed by atoms with E-state index in [2.05, 4.69) is 16.2 Å². The molecule has 1 amide bonds. The molecule has 0 radical (unpaired) electrons. The van der Waals surface area contributed by atoms with E-state index >= 15 is 0 Å². The van der Waals surface area contributed by atoms with E-state index in [0.717, 1.165) is 11.3 Å². The SMILES string of the molecule is Cc1ccc(S(=O)(=O)N2CCN(CC(=O)NNC(=S)Nc3ccccc3)CC2)cc1. The molecule has 10 heteroatoms. The largest absolute Gasteiger partial charge is 0.331 e. The molecule has 1 saturated heterocycles. The van der Waals surface area contributed by atoms with Crippen molar-refractivity contribution in [2.45, 2.75) is 11.8 Å². The molecule has 1 aliphatic heterocycles. The number of carbonyl (C=O) groups is 1. The van der Waals surface area contributed by atoms with E-state index in [9.17, 15) is 13.2 Å². The summed E-state index contributed by atoms with van der Waals surface area (Å²) in [5.41, 5.74) is 7.05. The van der Waals surface area contributed by atoms with Crippen molar-refractivity contribution in [3.63, 3.8) is 0 Å². The molecule has 0 atom stereocenters. The first-order valence-corrected chi connectivity index (χ1v) is 11.4. The van der Waals surface area contributed by atoms with Gasteiger partial charge in [0, 0.05) is 31.9 Å². The van der Waals surface area contributed by atoms with Gasteiger partial charge in [0.15, 0.2) is 5.11 Å². The summed E-state index contributed by atoms with van der Waals surface area (Å²) in [6.07, 6.45) is 0. The van der Waals surface area contributed by atoms with Crippen molar-refractivity contribution in [3.8, 4) is 0 Å². The van der Waals surface area contributed by atoms with E-state index in [1.54, 1.807) is 24.3 Å². The summed E-state index contributed by atoms with van der Waals surface area (Å²) in [4.78, 5) is 14.4. The van der Waals surface area contributed by atoms with Crippen molar-refractivity contribution in [3.05, 3.63) is 60.2 Å². The fourth-order valence-electron chi connectivity index (χ4n) is 3.04. The summed E-state index contributed by atoms with van der Waals surface area (Å²) in [6, 6.07) is 16.2. The maximum absolute atomic E-state index is 12.8. The van der Waals surface area contributed by atoms with Crippen molar-refractivity contribution >= 4 is 38.9 Å². The average molecular weight is 448 g/mol. The molecule has 8 nitrogen and oxygen atoms in total. The standard InChI is InChI=1S/C20H25N5O3S2/c1-16-7-9-18(10-8-16)30(27,28)25-13-11-24(12-14-25)15-19(26)22-23-20(29)21-17-5-3-2-4-6-17/h2-10H,11-15H2,1H3,(H,22,26)(H2,21,23,29). The number of benzene rings is 2. The molecule has 0 unspecified atom stereocenters. The van der Waals surface area contributed by atoms with Crippen LogP contribution in [0.5, 0.6) is 0 Å². The Morgan fingerprint density at radius 3 is 2.23 bits per heavy atom. The third-order valence-corrected chi connectivity index (χ3v) is 6.82. The third kappa shape index (κ3) is 5.99. The highest BCUT2D eigenvalue weighted by Crippen LogP contribution is 2.18. The Morgan fingerprint density at radius 1 is 0.967 bits per heavy atom. The van der Waals surface area contributed by atoms with E-state index in [0.29, 0.717) is 31.1 Å². The van der Waals surface area contributed by atoms with Crippen LogP contribution in [0.3, 0.4) is 0 Å². The lowest BCUT2D eigenvalue weighted by atomic mass is 10.2. The number of amides is 1. The van der Waals surface area contributed by atoms with Crippen molar-refractivity contribution in [1.29, 1.82) is 0 Å². The number of thiocarbonyl (C=S) groups is 1. The predicted molar refractivity (Wildman–Crippen MR) is 120 cm³/mol. The van der Waals surface area contributed by atoms with Crippen molar-refractivity contribution < 1.29 is 13.2 Å². The molecule has 2 aromatic carbocycles. The molecule has 1 fully saturated rings. The fourth-order valence-corrected chi connectivity index (χ4v) is 4.63. The van der Waals surface area contributed by atoms with Crippen LogP contribution in [0.2, 0.25) is 0 Å². The topological polar surface area (TPSA) is 93.8 Å². The van der Waals surface area contributed by atoms with E-state index in [4.69, 9.17) is 12.2 Å². The lowest BCUT2D eigenvalue weighted by Crippen LogP contribution is -2.53. The van der Waals surface area contributed by atoms with Crippen LogP contribution >= 0.6 is 12.2 Å². The van der Waals surface area contributed by atoms with Crippen LogP contribution in [0.4, 0.5) is 5.69 Å². The molecule has 0 bridgehead atoms. The average Bonchev–Trinajstić information content (AvgIpc) is 2.74. The number of nitrogens with one attached hydrogen (secondary N) is 3. The number of aryl methyl sites for hydroxylation is 1. The number of rotatable bonds is 5. The van der Waals surface area contributed by atoms with Gasteiger partial charge in [-0.1, -0.05) is 35.9 Å². The number of anilines is 1. The van der Waals surface area contributed by atoms with Gasteiger partial charge in [-0.25, -0.2) is 8.42 Å². The Kier molecular flexibility index (Phi) is 7.38. The summed E-state index contributed by atoms with van der Waals surface area (Å²) in [5.74, 6) is -0.248. The molecule has 1 heterocycles. The summed E-state index contributed by atoms with van der Waals surface area (Å²) in [6.45, 7) is 3.70. The number of hydrogen-bond donors (Lipinski definition) is 3. The van der Waals surface area contributed by atoms with Crippen LogP contribution in [-0.2, 0) is 14.8 Å². The molecule has 3 rings (SSSR count). The van der Waals surface area contributed by atoms with Gasteiger partial charge in [0.1, 0.15) is 0 Å². The van der Waals surface area contributed by atoms with Crippen LogP contribution in [0.1, 0.15) is 5.56 Å². The second-order valence-corrected chi connectivity index (χ2v) is 9.33. The van der Waals surface area contributed by atoms with Crippen LogP contribution in [-0.4, -0.2) is 61.4 Å². The van der Waals surface area contributed by atoms with Gasteiger partial charge in [0.05, 0.1) is 11.4 Å². The molecule has 0 saturated carbocycles. The summed E-state index contributed by atoms with van der Waals surface area (Å²) < 4.78 is 27.0. The van der Waals surface area contributed by atoms with Gasteiger partial charge < -0.3 is 5.32 Å². The third-order valence-electron chi connectivity index (χ3n) is 4.70. The van der Waals surface area contributed by atoms with E-state index < -0.39 is 10.0 Å². The maximum atomic E-state index is 12.8. The quantitative estimate of drug-likeness (QED) is 0.470. The van der Waals surface area contributed by atoms with Gasteiger partial charge in [-0.3, -0.25) is 20.5 Å². The minimum absolute atomic E-state index is 0.152. The van der Waals surface area contributed by atoms with Gasteiger partial charge in [-0.15, -0.1) is 0 Å². The highest BCUT2D eigenvalue weighted by atomic mass is 32.2. The molecule has 1 aliphatic rings. The normalized spacial score (nSPS) is 15.4. The molecule has 0 spiro atoms. The lowest BCUT2D eigenvalue weighted by Gasteiger charge is -2.33. The van der Waals surface area contributed by atoms with Crippen LogP contribution in [0.25, 0.3) is 0 Å². The molecular formula is C20H25N5O3S2. The monoisotopic (exact) mass is 447 g/mol. The van der Waals surface area contributed by atoms with Crippen LogP contribution < -0.4 is 16.2 Å². The number of piperazine rings is 1. The molecule has 2 aromatic rings. The second-order valence-electron chi connectivity index (χ2n) is 6.99. The first-order chi connectivity index (χ1) is 14.3. The first-order valence-electron chi connectivity index (χ1n) is 9.55. The summed E-state index contributed by atoms with van der Waals surface area (Å²) >= 11 is 5.15. The Balaban J connectivity index is 1.42. The fraction of sp³-hybridized carbons (Fsp3) is 0.300. The minimum Gasteiger partial charge on any atom is -0.331 e. The Bertz CT molecular complexity index is 973. The number of para-hydroxylation sites is 1. The highest BCUT2D eigenvalue weighted by molar-refractivity contribution is 7.89. The van der Waals surface area contributed by atoms with Gasteiger partial charge in [0.25, 0.3) is 5.91 Å². The maximum Gasteiger partial charge on any atom is 0.252 e. The predicted octanol–water partition coefficient (Wildman–Crippen LogP) is 1.32. The number of carbonyl (C=O) groups excluding carboxylic acids is 1. The van der Waals surface area contributed by atoms with E-state index in [1.165, 1.54) is 4.31 Å². The van der Waals surface area contributed by atoms with Crippen LogP contribution in [0.15, 0.2) is 59.5 Å². The second kappa shape index (κ2) is 9.98. The number of hydrazine groups is 1. The zero-order chi connectivity index (χ0) is 21.6. The zero-order valence-corrected chi connectivity index (χ0v) is 18.3. The van der Waals surface area contributed by atoms with E-state index in [1.807, 2.05) is 42.2 Å². The Morgan fingerprint density at radius 2 is 1.60 bits per heavy atom. The Hall–Kier alpha value is -2.53. The molecule has 0 aromatic heterocycles. The van der Waals surface area contributed by atoms with E-state index in [-0.39, 0.29) is 17.6 Å². The summed E-state index contributed by atoms with van der Waals surface area (Å²) in [7, 11) is -3.51. The first kappa shape index (κ1) is 22.2. The van der Waals surface area contributed by atoms with Gasteiger partial charge in [-0.2, -0.15) is 4.31 Å². The minimum atomic E-state index is -3.51. The van der Waals surface area contributed by atoms with Crippen LogP contribution in [0, 0.1) is 6.92 Å².